The molecule has 1 heterocycles. The summed E-state index contributed by atoms with van der Waals surface area (Å²) in [4.78, 5) is 14.3. The van der Waals surface area contributed by atoms with Gasteiger partial charge in [0.1, 0.15) is 5.60 Å². The highest BCUT2D eigenvalue weighted by molar-refractivity contribution is 5.78. The van der Waals surface area contributed by atoms with Gasteiger partial charge in [-0.25, -0.2) is 0 Å². The van der Waals surface area contributed by atoms with Gasteiger partial charge in [0, 0.05) is 0 Å². The summed E-state index contributed by atoms with van der Waals surface area (Å²) < 4.78 is 0. The Bertz CT molecular complexity index is 574. The fourth-order valence-corrected chi connectivity index (χ4v) is 4.54. The number of nitrogens with zero attached hydrogens (tertiary/aromatic N) is 1. The second kappa shape index (κ2) is 7.24. The third-order valence-electron chi connectivity index (χ3n) is 6.04. The van der Waals surface area contributed by atoms with E-state index in [0.29, 0.717) is 11.5 Å². The Balaban J connectivity index is 1.97. The summed E-state index contributed by atoms with van der Waals surface area (Å²) in [7, 11) is 2.11. The summed E-state index contributed by atoms with van der Waals surface area (Å²) in [5.74, 6) is -1.27. The zero-order valence-corrected chi connectivity index (χ0v) is 14.5. The van der Waals surface area contributed by atoms with E-state index in [-0.39, 0.29) is 5.92 Å². The summed E-state index contributed by atoms with van der Waals surface area (Å²) >= 11 is 0. The fourth-order valence-electron chi connectivity index (χ4n) is 4.54. The van der Waals surface area contributed by atoms with E-state index < -0.39 is 11.6 Å². The summed E-state index contributed by atoms with van der Waals surface area (Å²) in [5.41, 5.74) is -0.283. The highest BCUT2D eigenvalue weighted by Crippen LogP contribution is 2.43. The molecule has 2 fully saturated rings. The molecule has 1 N–H and O–H groups in total. The lowest BCUT2D eigenvalue weighted by Gasteiger charge is -2.42. The molecular formula is C20H28NO3-. The van der Waals surface area contributed by atoms with Gasteiger partial charge in [-0.3, -0.25) is 0 Å². The number of carboxylic acids is 1. The molecule has 24 heavy (non-hydrogen) atoms. The maximum Gasteiger partial charge on any atom is 0.132 e. The second-order valence-electron chi connectivity index (χ2n) is 7.55. The van der Waals surface area contributed by atoms with Crippen molar-refractivity contribution in [2.75, 3.05) is 20.1 Å². The molecule has 1 saturated heterocycles. The minimum Gasteiger partial charge on any atom is -0.547 e. The van der Waals surface area contributed by atoms with Crippen LogP contribution >= 0.6 is 0 Å². The van der Waals surface area contributed by atoms with Crippen molar-refractivity contribution in [1.82, 2.24) is 4.90 Å². The molecule has 0 aromatic heterocycles. The van der Waals surface area contributed by atoms with E-state index in [2.05, 4.69) is 11.9 Å². The Hall–Kier alpha value is -1.39. The van der Waals surface area contributed by atoms with E-state index in [9.17, 15) is 15.0 Å². The highest BCUT2D eigenvalue weighted by atomic mass is 16.4. The quantitative estimate of drug-likeness (QED) is 0.917. The average molecular weight is 330 g/mol. The Morgan fingerprint density at radius 3 is 2.38 bits per heavy atom. The van der Waals surface area contributed by atoms with Crippen LogP contribution in [0.2, 0.25) is 0 Å². The summed E-state index contributed by atoms with van der Waals surface area (Å²) in [6.07, 6.45) is 6.60. The van der Waals surface area contributed by atoms with Crippen LogP contribution in [0.1, 0.15) is 62.0 Å². The Morgan fingerprint density at radius 2 is 1.75 bits per heavy atom. The van der Waals surface area contributed by atoms with Crippen molar-refractivity contribution in [2.45, 2.75) is 56.5 Å². The molecule has 1 atom stereocenters. The van der Waals surface area contributed by atoms with Gasteiger partial charge in [-0.2, -0.15) is 0 Å². The molecule has 1 aromatic carbocycles. The predicted molar refractivity (Wildman–Crippen MR) is 91.4 cm³/mol. The van der Waals surface area contributed by atoms with E-state index in [1.165, 1.54) is 0 Å². The van der Waals surface area contributed by atoms with E-state index in [1.807, 2.05) is 18.2 Å². The van der Waals surface area contributed by atoms with Crippen LogP contribution < -0.4 is 5.11 Å². The van der Waals surface area contributed by atoms with Crippen molar-refractivity contribution >= 4 is 5.97 Å². The number of hydrogen-bond donors (Lipinski definition) is 1. The number of rotatable bonds is 4. The number of aliphatic carboxylic acids is 1. The number of carbonyl (C=O) groups is 1. The van der Waals surface area contributed by atoms with Gasteiger partial charge in [0.15, 0.2) is 0 Å². The van der Waals surface area contributed by atoms with Crippen LogP contribution in [0.25, 0.3) is 0 Å². The molecule has 0 radical (unpaired) electrons. The van der Waals surface area contributed by atoms with Gasteiger partial charge in [-0.15, -0.1) is 0 Å². The lowest BCUT2D eigenvalue weighted by molar-refractivity contribution is -0.331. The normalized spacial score (nSPS) is 23.8. The van der Waals surface area contributed by atoms with Crippen molar-refractivity contribution in [3.63, 3.8) is 0 Å². The minimum absolute atomic E-state index is 0.247. The van der Waals surface area contributed by atoms with Crippen LogP contribution in [-0.2, 0) is 10.4 Å². The zero-order chi connectivity index (χ0) is 17.2. The Labute approximate surface area is 144 Å². The van der Waals surface area contributed by atoms with Crippen LogP contribution in [0.3, 0.4) is 0 Å². The number of piperidine rings is 1. The first-order chi connectivity index (χ1) is 11.5. The lowest BCUT2D eigenvalue weighted by atomic mass is 9.70. The van der Waals surface area contributed by atoms with Gasteiger partial charge in [0.2, 0.25) is 0 Å². The molecule has 132 valence electrons. The second-order valence-corrected chi connectivity index (χ2v) is 7.55. The van der Waals surface area contributed by atoms with E-state index in [4.69, 9.17) is 0 Å². The third-order valence-corrected chi connectivity index (χ3v) is 6.04. The first kappa shape index (κ1) is 17.4. The third kappa shape index (κ3) is 3.22. The van der Waals surface area contributed by atoms with Gasteiger partial charge in [-0.05, 0) is 68.8 Å². The number of hydrogen-bond acceptors (Lipinski definition) is 4. The van der Waals surface area contributed by atoms with Crippen molar-refractivity contribution in [2.24, 2.45) is 5.92 Å². The first-order valence-electron chi connectivity index (χ1n) is 9.25. The maximum absolute atomic E-state index is 12.0. The van der Waals surface area contributed by atoms with Crippen LogP contribution in [0.15, 0.2) is 24.3 Å². The van der Waals surface area contributed by atoms with Crippen LogP contribution in [-0.4, -0.2) is 36.1 Å². The SMILES string of the molecule is CN1CCC(c2ccccc2[C@](O)(C(=O)[O-])C2CCCCC2)CC1. The molecular weight excluding hydrogens is 302 g/mol. The van der Waals surface area contributed by atoms with Crippen molar-refractivity contribution < 1.29 is 15.0 Å². The zero-order valence-electron chi connectivity index (χ0n) is 14.5. The number of likely N-dealkylation sites (tertiary alicyclic amines) is 1. The van der Waals surface area contributed by atoms with E-state index in [1.54, 1.807) is 6.07 Å². The summed E-state index contributed by atoms with van der Waals surface area (Å²) in [6.45, 7) is 2.01. The smallest absolute Gasteiger partial charge is 0.132 e. The molecule has 0 unspecified atom stereocenters. The fraction of sp³-hybridized carbons (Fsp3) is 0.650. The number of carbonyl (C=O) groups excluding carboxylic acids is 1. The van der Waals surface area contributed by atoms with Crippen LogP contribution in [0.4, 0.5) is 0 Å². The first-order valence-corrected chi connectivity index (χ1v) is 9.25. The molecule has 0 bridgehead atoms. The van der Waals surface area contributed by atoms with Crippen molar-refractivity contribution in [3.8, 4) is 0 Å². The highest BCUT2D eigenvalue weighted by Gasteiger charge is 2.42. The largest absolute Gasteiger partial charge is 0.547 e. The lowest BCUT2D eigenvalue weighted by Crippen LogP contribution is -2.52. The van der Waals surface area contributed by atoms with Crippen molar-refractivity contribution in [3.05, 3.63) is 35.4 Å². The molecule has 4 nitrogen and oxygen atoms in total. The maximum atomic E-state index is 12.0. The molecule has 1 aliphatic heterocycles. The van der Waals surface area contributed by atoms with Crippen molar-refractivity contribution in [1.29, 1.82) is 0 Å². The number of carboxylic acid groups (broad SMARTS) is 1. The molecule has 4 heteroatoms. The average Bonchev–Trinajstić information content (AvgIpc) is 2.62. The topological polar surface area (TPSA) is 63.6 Å². The van der Waals surface area contributed by atoms with Gasteiger partial charge >= 0.3 is 0 Å². The molecule has 1 aromatic rings. The Kier molecular flexibility index (Phi) is 5.26. The predicted octanol–water partition coefficient (Wildman–Crippen LogP) is 2.01. The summed E-state index contributed by atoms with van der Waals surface area (Å²) in [6, 6.07) is 7.60. The Morgan fingerprint density at radius 1 is 1.12 bits per heavy atom. The molecule has 1 saturated carbocycles. The van der Waals surface area contributed by atoms with E-state index in [0.717, 1.165) is 63.6 Å². The number of aliphatic hydroxyl groups is 1. The molecule has 0 spiro atoms. The van der Waals surface area contributed by atoms with Gasteiger partial charge in [0.25, 0.3) is 0 Å². The van der Waals surface area contributed by atoms with E-state index >= 15 is 0 Å². The molecule has 3 rings (SSSR count). The molecule has 0 amide bonds. The van der Waals surface area contributed by atoms with Gasteiger partial charge in [-0.1, -0.05) is 43.5 Å². The van der Waals surface area contributed by atoms with Crippen LogP contribution in [0.5, 0.6) is 0 Å². The number of benzene rings is 1. The van der Waals surface area contributed by atoms with Crippen LogP contribution in [0, 0.1) is 5.92 Å². The minimum atomic E-state index is -1.86. The molecule has 1 aliphatic carbocycles. The van der Waals surface area contributed by atoms with Gasteiger partial charge in [0.05, 0.1) is 5.97 Å². The summed E-state index contributed by atoms with van der Waals surface area (Å²) in [5, 5.41) is 23.3. The monoisotopic (exact) mass is 330 g/mol. The van der Waals surface area contributed by atoms with Gasteiger partial charge < -0.3 is 19.9 Å². The molecule has 2 aliphatic rings. The standard InChI is InChI=1S/C20H29NO3/c1-21-13-11-15(12-14-21)17-9-5-6-10-18(17)20(24,19(22)23)16-7-3-2-4-8-16/h5-6,9-10,15-16,24H,2-4,7-8,11-14H2,1H3,(H,22,23)/p-1/t20-/m0/s1.